The van der Waals surface area contributed by atoms with Gasteiger partial charge in [0.1, 0.15) is 5.75 Å². The lowest BCUT2D eigenvalue weighted by Crippen LogP contribution is -2.32. The standard InChI is InChI=1S/C18H19N5O2S/c1-13(17(25)22(2)12-14-6-4-3-5-7-14)26-18-19-20-21-23(18)15-8-10-16(24)11-9-15/h3-11,13,24H,12H2,1-2H3. The summed E-state index contributed by atoms with van der Waals surface area (Å²) in [5.41, 5.74) is 1.79. The first-order valence-electron chi connectivity index (χ1n) is 8.08. The molecule has 0 aliphatic heterocycles. The Kier molecular flexibility index (Phi) is 5.52. The molecule has 7 nitrogen and oxygen atoms in total. The lowest BCUT2D eigenvalue weighted by molar-refractivity contribution is -0.129. The summed E-state index contributed by atoms with van der Waals surface area (Å²) in [6, 6.07) is 16.4. The van der Waals surface area contributed by atoms with Gasteiger partial charge in [0.2, 0.25) is 11.1 Å². The predicted octanol–water partition coefficient (Wildman–Crippen LogP) is 2.51. The fourth-order valence-electron chi connectivity index (χ4n) is 2.46. The number of carbonyl (C=O) groups excluding carboxylic acids is 1. The number of hydrogen-bond donors (Lipinski definition) is 1. The molecule has 0 aliphatic rings. The molecule has 0 spiro atoms. The first-order chi connectivity index (χ1) is 12.5. The van der Waals surface area contributed by atoms with E-state index in [0.29, 0.717) is 17.4 Å². The maximum atomic E-state index is 12.7. The van der Waals surface area contributed by atoms with Crippen LogP contribution in [-0.2, 0) is 11.3 Å². The topological polar surface area (TPSA) is 84.1 Å². The summed E-state index contributed by atoms with van der Waals surface area (Å²) in [7, 11) is 1.79. The van der Waals surface area contributed by atoms with E-state index >= 15 is 0 Å². The minimum atomic E-state index is -0.342. The number of phenols is 1. The molecule has 134 valence electrons. The van der Waals surface area contributed by atoms with Crippen molar-refractivity contribution in [2.45, 2.75) is 23.9 Å². The van der Waals surface area contributed by atoms with Gasteiger partial charge in [-0.15, -0.1) is 5.10 Å². The molecular weight excluding hydrogens is 350 g/mol. The van der Waals surface area contributed by atoms with Crippen molar-refractivity contribution >= 4 is 17.7 Å². The van der Waals surface area contributed by atoms with E-state index in [1.54, 1.807) is 40.9 Å². The van der Waals surface area contributed by atoms with Gasteiger partial charge in [0.15, 0.2) is 0 Å². The van der Waals surface area contributed by atoms with Crippen LogP contribution in [0.15, 0.2) is 59.8 Å². The van der Waals surface area contributed by atoms with Crippen LogP contribution in [0.25, 0.3) is 5.69 Å². The van der Waals surface area contributed by atoms with Gasteiger partial charge in [0, 0.05) is 13.6 Å². The van der Waals surface area contributed by atoms with Gasteiger partial charge < -0.3 is 10.0 Å². The molecule has 1 amide bonds. The van der Waals surface area contributed by atoms with E-state index in [-0.39, 0.29) is 16.9 Å². The highest BCUT2D eigenvalue weighted by molar-refractivity contribution is 8.00. The average molecular weight is 369 g/mol. The molecule has 0 aliphatic carbocycles. The monoisotopic (exact) mass is 369 g/mol. The molecule has 3 rings (SSSR count). The molecule has 0 bridgehead atoms. The highest BCUT2D eigenvalue weighted by atomic mass is 32.2. The van der Waals surface area contributed by atoms with Crippen LogP contribution in [0, 0.1) is 0 Å². The SMILES string of the molecule is CC(Sc1nnnn1-c1ccc(O)cc1)C(=O)N(C)Cc1ccccc1. The van der Waals surface area contributed by atoms with Crippen molar-refractivity contribution in [1.29, 1.82) is 0 Å². The Morgan fingerprint density at radius 1 is 1.19 bits per heavy atom. The second kappa shape index (κ2) is 8.01. The van der Waals surface area contributed by atoms with E-state index in [1.807, 2.05) is 37.3 Å². The van der Waals surface area contributed by atoms with Crippen LogP contribution in [0.5, 0.6) is 5.75 Å². The quantitative estimate of drug-likeness (QED) is 0.672. The van der Waals surface area contributed by atoms with Gasteiger partial charge in [0.25, 0.3) is 0 Å². The number of aromatic nitrogens is 4. The number of carbonyl (C=O) groups is 1. The van der Waals surface area contributed by atoms with Crippen molar-refractivity contribution in [3.8, 4) is 11.4 Å². The first-order valence-corrected chi connectivity index (χ1v) is 8.96. The maximum Gasteiger partial charge on any atom is 0.235 e. The van der Waals surface area contributed by atoms with E-state index in [0.717, 1.165) is 5.56 Å². The predicted molar refractivity (Wildman–Crippen MR) is 99.1 cm³/mol. The van der Waals surface area contributed by atoms with Crippen molar-refractivity contribution in [2.24, 2.45) is 0 Å². The highest BCUT2D eigenvalue weighted by Crippen LogP contribution is 2.25. The number of hydrogen-bond acceptors (Lipinski definition) is 6. The Morgan fingerprint density at radius 2 is 1.88 bits per heavy atom. The lowest BCUT2D eigenvalue weighted by Gasteiger charge is -2.21. The second-order valence-corrected chi connectivity index (χ2v) is 7.14. The number of thioether (sulfide) groups is 1. The molecule has 1 unspecified atom stereocenters. The molecule has 0 saturated heterocycles. The lowest BCUT2D eigenvalue weighted by atomic mass is 10.2. The molecule has 0 radical (unpaired) electrons. The Labute approximate surface area is 155 Å². The molecule has 1 heterocycles. The number of nitrogens with zero attached hydrogens (tertiary/aromatic N) is 5. The number of amides is 1. The van der Waals surface area contributed by atoms with Crippen LogP contribution >= 0.6 is 11.8 Å². The minimum absolute atomic E-state index is 0.000825. The molecule has 1 N–H and O–H groups in total. The average Bonchev–Trinajstić information content (AvgIpc) is 3.10. The van der Waals surface area contributed by atoms with Gasteiger partial charge >= 0.3 is 0 Å². The van der Waals surface area contributed by atoms with Crippen LogP contribution in [0.4, 0.5) is 0 Å². The van der Waals surface area contributed by atoms with Crippen molar-refractivity contribution in [3.63, 3.8) is 0 Å². The molecule has 1 atom stereocenters. The zero-order valence-corrected chi connectivity index (χ0v) is 15.3. The summed E-state index contributed by atoms with van der Waals surface area (Å²) >= 11 is 1.30. The molecule has 8 heteroatoms. The van der Waals surface area contributed by atoms with Gasteiger partial charge in [-0.1, -0.05) is 42.1 Å². The highest BCUT2D eigenvalue weighted by Gasteiger charge is 2.22. The smallest absolute Gasteiger partial charge is 0.235 e. The molecule has 0 saturated carbocycles. The Morgan fingerprint density at radius 3 is 2.58 bits per heavy atom. The summed E-state index contributed by atoms with van der Waals surface area (Å²) in [4.78, 5) is 14.4. The molecule has 1 aromatic heterocycles. The number of tetrazole rings is 1. The summed E-state index contributed by atoms with van der Waals surface area (Å²) < 4.78 is 1.55. The molecule has 2 aromatic carbocycles. The van der Waals surface area contributed by atoms with Gasteiger partial charge in [-0.2, -0.15) is 4.68 Å². The summed E-state index contributed by atoms with van der Waals surface area (Å²) in [5.74, 6) is 0.168. The molecule has 3 aromatic rings. The first kappa shape index (κ1) is 17.9. The summed E-state index contributed by atoms with van der Waals surface area (Å²) in [5, 5.41) is 21.3. The van der Waals surface area contributed by atoms with E-state index in [9.17, 15) is 9.90 Å². The summed E-state index contributed by atoms with van der Waals surface area (Å²) in [6.07, 6.45) is 0. The van der Waals surface area contributed by atoms with Gasteiger partial charge in [-0.25, -0.2) is 0 Å². The summed E-state index contributed by atoms with van der Waals surface area (Å²) in [6.45, 7) is 2.39. The normalized spacial score (nSPS) is 11.9. The van der Waals surface area contributed by atoms with E-state index in [1.165, 1.54) is 11.8 Å². The number of phenolic OH excluding ortho intramolecular Hbond substituents is 1. The third-order valence-corrected chi connectivity index (χ3v) is 4.82. The third kappa shape index (κ3) is 4.20. The zero-order valence-electron chi connectivity index (χ0n) is 14.5. The third-order valence-electron chi connectivity index (χ3n) is 3.80. The largest absolute Gasteiger partial charge is 0.508 e. The maximum absolute atomic E-state index is 12.7. The molecular formula is C18H19N5O2S. The van der Waals surface area contributed by atoms with Gasteiger partial charge in [-0.05, 0) is 47.2 Å². The number of aromatic hydroxyl groups is 1. The van der Waals surface area contributed by atoms with E-state index in [4.69, 9.17) is 0 Å². The Bertz CT molecular complexity index is 867. The Balaban J connectivity index is 1.68. The van der Waals surface area contributed by atoms with E-state index in [2.05, 4.69) is 15.5 Å². The second-order valence-electron chi connectivity index (χ2n) is 5.83. The number of rotatable bonds is 6. The van der Waals surface area contributed by atoms with Crippen molar-refractivity contribution in [1.82, 2.24) is 25.1 Å². The van der Waals surface area contributed by atoms with Crippen LogP contribution in [0.3, 0.4) is 0 Å². The van der Waals surface area contributed by atoms with Gasteiger partial charge in [0.05, 0.1) is 10.9 Å². The van der Waals surface area contributed by atoms with Crippen molar-refractivity contribution in [3.05, 3.63) is 60.2 Å². The van der Waals surface area contributed by atoms with Crippen LogP contribution in [0.1, 0.15) is 12.5 Å². The van der Waals surface area contributed by atoms with E-state index < -0.39 is 0 Å². The Hall–Kier alpha value is -2.87. The zero-order chi connectivity index (χ0) is 18.5. The fraction of sp³-hybridized carbons (Fsp3) is 0.222. The van der Waals surface area contributed by atoms with Crippen LogP contribution < -0.4 is 0 Å². The molecule has 26 heavy (non-hydrogen) atoms. The molecule has 0 fully saturated rings. The van der Waals surface area contributed by atoms with Crippen LogP contribution in [-0.4, -0.2) is 48.4 Å². The fourth-order valence-corrected chi connectivity index (χ4v) is 3.38. The van der Waals surface area contributed by atoms with Gasteiger partial charge in [-0.3, -0.25) is 4.79 Å². The number of benzene rings is 2. The van der Waals surface area contributed by atoms with Crippen LogP contribution in [0.2, 0.25) is 0 Å². The van der Waals surface area contributed by atoms with Crippen molar-refractivity contribution in [2.75, 3.05) is 7.05 Å². The minimum Gasteiger partial charge on any atom is -0.508 e. The van der Waals surface area contributed by atoms with Crippen molar-refractivity contribution < 1.29 is 9.90 Å².